The van der Waals surface area contributed by atoms with E-state index < -0.39 is 0 Å². The zero-order chi connectivity index (χ0) is 21.0. The summed E-state index contributed by atoms with van der Waals surface area (Å²) in [5.41, 5.74) is 6.41. The SMILES string of the molecule is CNc1ccc(Nc2cc(-c3cccc(C4=CC(C)(C)C=CC=C4)c3)ncn2)cc1. The maximum Gasteiger partial charge on any atom is 0.134 e. The molecule has 0 atom stereocenters. The highest BCUT2D eigenvalue weighted by Gasteiger charge is 2.14. The molecule has 3 aromatic rings. The molecule has 2 aromatic carbocycles. The highest BCUT2D eigenvalue weighted by Crippen LogP contribution is 2.31. The molecule has 0 aliphatic heterocycles. The van der Waals surface area contributed by atoms with Crippen molar-refractivity contribution in [2.24, 2.45) is 5.41 Å². The van der Waals surface area contributed by atoms with E-state index in [2.05, 4.69) is 89.1 Å². The first-order valence-corrected chi connectivity index (χ1v) is 10.1. The second-order valence-electron chi connectivity index (χ2n) is 7.96. The van der Waals surface area contributed by atoms with Crippen molar-refractivity contribution in [3.8, 4) is 11.3 Å². The minimum Gasteiger partial charge on any atom is -0.388 e. The number of hydrogen-bond donors (Lipinski definition) is 2. The van der Waals surface area contributed by atoms with E-state index in [0.717, 1.165) is 28.5 Å². The number of anilines is 3. The number of nitrogens with zero attached hydrogens (tertiary/aromatic N) is 2. The second kappa shape index (κ2) is 8.37. The van der Waals surface area contributed by atoms with Crippen molar-refractivity contribution in [1.29, 1.82) is 0 Å². The number of aromatic nitrogens is 2. The quantitative estimate of drug-likeness (QED) is 0.521. The van der Waals surface area contributed by atoms with Gasteiger partial charge >= 0.3 is 0 Å². The molecule has 150 valence electrons. The molecule has 1 aliphatic rings. The summed E-state index contributed by atoms with van der Waals surface area (Å²) in [6.07, 6.45) is 12.5. The van der Waals surface area contributed by atoms with Crippen LogP contribution >= 0.6 is 0 Å². The molecule has 0 saturated heterocycles. The van der Waals surface area contributed by atoms with Crippen molar-refractivity contribution in [2.45, 2.75) is 13.8 Å². The average molecular weight is 395 g/mol. The van der Waals surface area contributed by atoms with Gasteiger partial charge in [0.15, 0.2) is 0 Å². The zero-order valence-electron chi connectivity index (χ0n) is 17.6. The van der Waals surface area contributed by atoms with Crippen LogP contribution in [0.25, 0.3) is 16.8 Å². The van der Waals surface area contributed by atoms with Gasteiger partial charge in [-0.1, -0.05) is 62.4 Å². The van der Waals surface area contributed by atoms with Gasteiger partial charge in [-0.3, -0.25) is 0 Å². The van der Waals surface area contributed by atoms with E-state index in [-0.39, 0.29) is 5.41 Å². The predicted octanol–water partition coefficient (Wildman–Crippen LogP) is 6.46. The van der Waals surface area contributed by atoms with Gasteiger partial charge in [-0.25, -0.2) is 9.97 Å². The van der Waals surface area contributed by atoms with Crippen molar-refractivity contribution in [2.75, 3.05) is 17.7 Å². The smallest absolute Gasteiger partial charge is 0.134 e. The maximum absolute atomic E-state index is 4.50. The van der Waals surface area contributed by atoms with Crippen LogP contribution in [0.2, 0.25) is 0 Å². The molecule has 1 heterocycles. The normalized spacial score (nSPS) is 14.7. The van der Waals surface area contributed by atoms with Crippen LogP contribution in [-0.4, -0.2) is 17.0 Å². The highest BCUT2D eigenvalue weighted by atomic mass is 15.0. The lowest BCUT2D eigenvalue weighted by atomic mass is 9.89. The average Bonchev–Trinajstić information content (AvgIpc) is 2.95. The third-order valence-corrected chi connectivity index (χ3v) is 5.04. The molecule has 0 bridgehead atoms. The van der Waals surface area contributed by atoms with Gasteiger partial charge in [-0.2, -0.15) is 0 Å². The Bertz CT molecular complexity index is 1120. The summed E-state index contributed by atoms with van der Waals surface area (Å²) in [7, 11) is 1.91. The van der Waals surface area contributed by atoms with E-state index in [1.165, 1.54) is 11.1 Å². The predicted molar refractivity (Wildman–Crippen MR) is 127 cm³/mol. The molecule has 2 N–H and O–H groups in total. The Morgan fingerprint density at radius 1 is 0.833 bits per heavy atom. The lowest BCUT2D eigenvalue weighted by Gasteiger charge is -2.16. The van der Waals surface area contributed by atoms with Crippen molar-refractivity contribution >= 4 is 22.8 Å². The molecule has 0 spiro atoms. The molecule has 0 fully saturated rings. The molecule has 1 aliphatic carbocycles. The van der Waals surface area contributed by atoms with E-state index in [0.29, 0.717) is 0 Å². The second-order valence-corrected chi connectivity index (χ2v) is 7.96. The van der Waals surface area contributed by atoms with E-state index in [4.69, 9.17) is 0 Å². The summed E-state index contributed by atoms with van der Waals surface area (Å²) in [5.74, 6) is 0.765. The summed E-state index contributed by atoms with van der Waals surface area (Å²) in [6, 6.07) is 18.6. The molecule has 4 nitrogen and oxygen atoms in total. The van der Waals surface area contributed by atoms with Gasteiger partial charge in [-0.15, -0.1) is 0 Å². The molecule has 0 radical (unpaired) electrons. The number of allylic oxidation sites excluding steroid dienone is 6. The summed E-state index contributed by atoms with van der Waals surface area (Å²) in [4.78, 5) is 8.88. The number of rotatable bonds is 5. The minimum atomic E-state index is 0.0175. The first-order chi connectivity index (χ1) is 14.5. The van der Waals surface area contributed by atoms with Gasteiger partial charge in [-0.05, 0) is 41.5 Å². The highest BCUT2D eigenvalue weighted by molar-refractivity contribution is 5.79. The Hall–Kier alpha value is -3.66. The van der Waals surface area contributed by atoms with Crippen LogP contribution < -0.4 is 10.6 Å². The maximum atomic E-state index is 4.50. The van der Waals surface area contributed by atoms with Crippen molar-refractivity contribution in [1.82, 2.24) is 9.97 Å². The van der Waals surface area contributed by atoms with E-state index in [1.807, 2.05) is 37.4 Å². The topological polar surface area (TPSA) is 49.8 Å². The van der Waals surface area contributed by atoms with Crippen LogP contribution in [0.5, 0.6) is 0 Å². The molecular weight excluding hydrogens is 368 g/mol. The standard InChI is InChI=1S/C26H26N4/c1-26(2)14-5-4-7-21(17-26)19-8-6-9-20(15-19)24-16-25(29-18-28-24)30-23-12-10-22(27-3)11-13-23/h4-18,27H,1-3H3,(H,28,29,30). The Balaban J connectivity index is 1.61. The van der Waals surface area contributed by atoms with E-state index >= 15 is 0 Å². The summed E-state index contributed by atoms with van der Waals surface area (Å²) >= 11 is 0. The Morgan fingerprint density at radius 2 is 1.60 bits per heavy atom. The first kappa shape index (κ1) is 19.6. The minimum absolute atomic E-state index is 0.0175. The van der Waals surface area contributed by atoms with Crippen LogP contribution in [0.3, 0.4) is 0 Å². The summed E-state index contributed by atoms with van der Waals surface area (Å²) in [5, 5.41) is 6.48. The molecule has 4 heteroatoms. The van der Waals surface area contributed by atoms with Crippen molar-refractivity contribution < 1.29 is 0 Å². The third-order valence-electron chi connectivity index (χ3n) is 5.04. The Labute approximate surface area is 178 Å². The van der Waals surface area contributed by atoms with Crippen LogP contribution in [0.15, 0.2) is 91.3 Å². The van der Waals surface area contributed by atoms with E-state index in [1.54, 1.807) is 6.33 Å². The monoisotopic (exact) mass is 394 g/mol. The molecule has 1 aromatic heterocycles. The van der Waals surface area contributed by atoms with Crippen LogP contribution in [0.1, 0.15) is 19.4 Å². The molecule has 0 amide bonds. The van der Waals surface area contributed by atoms with Gasteiger partial charge < -0.3 is 10.6 Å². The van der Waals surface area contributed by atoms with Crippen LogP contribution in [0.4, 0.5) is 17.2 Å². The molecule has 0 unspecified atom stereocenters. The van der Waals surface area contributed by atoms with Crippen LogP contribution in [0, 0.1) is 5.41 Å². The fourth-order valence-electron chi connectivity index (χ4n) is 3.45. The lowest BCUT2D eigenvalue weighted by molar-refractivity contribution is 0.629. The molecule has 4 rings (SSSR count). The van der Waals surface area contributed by atoms with Crippen molar-refractivity contribution in [3.63, 3.8) is 0 Å². The number of benzene rings is 2. The lowest BCUT2D eigenvalue weighted by Crippen LogP contribution is -2.02. The van der Waals surface area contributed by atoms with Gasteiger partial charge in [0.1, 0.15) is 12.1 Å². The molecule has 0 saturated carbocycles. The Morgan fingerprint density at radius 3 is 2.40 bits per heavy atom. The van der Waals surface area contributed by atoms with Crippen molar-refractivity contribution in [3.05, 3.63) is 96.9 Å². The number of nitrogens with one attached hydrogen (secondary N) is 2. The zero-order valence-corrected chi connectivity index (χ0v) is 17.6. The van der Waals surface area contributed by atoms with E-state index in [9.17, 15) is 0 Å². The van der Waals surface area contributed by atoms with Gasteiger partial charge in [0.05, 0.1) is 5.69 Å². The summed E-state index contributed by atoms with van der Waals surface area (Å²) < 4.78 is 0. The fourth-order valence-corrected chi connectivity index (χ4v) is 3.45. The first-order valence-electron chi connectivity index (χ1n) is 10.1. The summed E-state index contributed by atoms with van der Waals surface area (Å²) in [6.45, 7) is 4.43. The van der Waals surface area contributed by atoms with Gasteiger partial charge in [0.2, 0.25) is 0 Å². The van der Waals surface area contributed by atoms with Gasteiger partial charge in [0, 0.05) is 35.5 Å². The molecular formula is C26H26N4. The Kier molecular flexibility index (Phi) is 5.48. The third kappa shape index (κ3) is 4.66. The van der Waals surface area contributed by atoms with Gasteiger partial charge in [0.25, 0.3) is 0 Å². The number of hydrogen-bond acceptors (Lipinski definition) is 4. The molecule has 30 heavy (non-hydrogen) atoms. The largest absolute Gasteiger partial charge is 0.388 e. The fraction of sp³-hybridized carbons (Fsp3) is 0.154. The van der Waals surface area contributed by atoms with Crippen LogP contribution in [-0.2, 0) is 0 Å².